The highest BCUT2D eigenvalue weighted by atomic mass is 32.2. The topological polar surface area (TPSA) is 24.9 Å². The molecule has 0 aromatic carbocycles. The maximum Gasteiger partial charge on any atom is 0.125 e. The first-order valence-corrected chi connectivity index (χ1v) is 7.13. The molecule has 0 saturated heterocycles. The van der Waals surface area contributed by atoms with E-state index in [1.54, 1.807) is 0 Å². The van der Waals surface area contributed by atoms with Crippen LogP contribution in [0.2, 0.25) is 0 Å². The number of pyridine rings is 1. The van der Waals surface area contributed by atoms with Crippen LogP contribution >= 0.6 is 11.8 Å². The SMILES string of the molecule is CSCCCNc1ccc(C(C)(C)C)cn1. The fraction of sp³-hybridized carbons (Fsp3) is 0.615. The Labute approximate surface area is 103 Å². The molecule has 1 rings (SSSR count). The van der Waals surface area contributed by atoms with Crippen molar-refractivity contribution in [2.75, 3.05) is 23.9 Å². The third kappa shape index (κ3) is 4.44. The van der Waals surface area contributed by atoms with E-state index in [-0.39, 0.29) is 5.41 Å². The van der Waals surface area contributed by atoms with Gasteiger partial charge in [0.1, 0.15) is 5.82 Å². The number of thioether (sulfide) groups is 1. The van der Waals surface area contributed by atoms with Crippen LogP contribution in [0.25, 0.3) is 0 Å². The van der Waals surface area contributed by atoms with Crippen LogP contribution in [-0.4, -0.2) is 23.5 Å². The van der Waals surface area contributed by atoms with Crippen LogP contribution in [0.15, 0.2) is 18.3 Å². The molecule has 0 fully saturated rings. The molecule has 90 valence electrons. The zero-order chi connectivity index (χ0) is 12.0. The van der Waals surface area contributed by atoms with Crippen molar-refractivity contribution in [1.29, 1.82) is 0 Å². The Bertz CT molecular complexity index is 301. The van der Waals surface area contributed by atoms with Crippen molar-refractivity contribution in [3.63, 3.8) is 0 Å². The molecule has 0 bridgehead atoms. The van der Waals surface area contributed by atoms with Gasteiger partial charge in [-0.2, -0.15) is 11.8 Å². The van der Waals surface area contributed by atoms with Gasteiger partial charge in [0.15, 0.2) is 0 Å². The van der Waals surface area contributed by atoms with Gasteiger partial charge in [0, 0.05) is 12.7 Å². The molecule has 0 unspecified atom stereocenters. The van der Waals surface area contributed by atoms with E-state index in [2.05, 4.69) is 49.5 Å². The van der Waals surface area contributed by atoms with Gasteiger partial charge in [-0.3, -0.25) is 0 Å². The predicted octanol–water partition coefficient (Wildman–Crippen LogP) is 3.54. The van der Waals surface area contributed by atoms with E-state index < -0.39 is 0 Å². The second-order valence-electron chi connectivity index (χ2n) is 4.96. The van der Waals surface area contributed by atoms with Gasteiger partial charge in [-0.05, 0) is 35.5 Å². The molecule has 1 heterocycles. The number of rotatable bonds is 5. The van der Waals surface area contributed by atoms with E-state index in [0.717, 1.165) is 12.4 Å². The molecule has 16 heavy (non-hydrogen) atoms. The van der Waals surface area contributed by atoms with Crippen molar-refractivity contribution in [2.45, 2.75) is 32.6 Å². The van der Waals surface area contributed by atoms with Crippen LogP contribution < -0.4 is 5.32 Å². The normalized spacial score (nSPS) is 11.5. The number of nitrogens with zero attached hydrogens (tertiary/aromatic N) is 1. The number of anilines is 1. The molecule has 3 heteroatoms. The minimum atomic E-state index is 0.185. The van der Waals surface area contributed by atoms with Crippen molar-refractivity contribution < 1.29 is 0 Å². The van der Waals surface area contributed by atoms with Gasteiger partial charge < -0.3 is 5.32 Å². The lowest BCUT2D eigenvalue weighted by atomic mass is 9.88. The molecule has 1 aromatic heterocycles. The fourth-order valence-corrected chi connectivity index (χ4v) is 1.81. The van der Waals surface area contributed by atoms with E-state index in [1.807, 2.05) is 18.0 Å². The van der Waals surface area contributed by atoms with Crippen molar-refractivity contribution >= 4 is 17.6 Å². The maximum atomic E-state index is 4.42. The molecule has 0 saturated carbocycles. The Balaban J connectivity index is 2.46. The summed E-state index contributed by atoms with van der Waals surface area (Å²) in [6.07, 6.45) is 5.29. The van der Waals surface area contributed by atoms with Crippen LogP contribution in [0.1, 0.15) is 32.8 Å². The van der Waals surface area contributed by atoms with Crippen molar-refractivity contribution in [1.82, 2.24) is 4.98 Å². The highest BCUT2D eigenvalue weighted by Gasteiger charge is 2.13. The van der Waals surface area contributed by atoms with Crippen LogP contribution in [0.5, 0.6) is 0 Å². The van der Waals surface area contributed by atoms with Gasteiger partial charge >= 0.3 is 0 Å². The van der Waals surface area contributed by atoms with E-state index in [4.69, 9.17) is 0 Å². The Kier molecular flexibility index (Phi) is 5.13. The van der Waals surface area contributed by atoms with Crippen LogP contribution in [0.3, 0.4) is 0 Å². The van der Waals surface area contributed by atoms with E-state index in [1.165, 1.54) is 17.7 Å². The van der Waals surface area contributed by atoms with Gasteiger partial charge in [-0.25, -0.2) is 4.98 Å². The highest BCUT2D eigenvalue weighted by Crippen LogP contribution is 2.21. The van der Waals surface area contributed by atoms with Gasteiger partial charge in [-0.1, -0.05) is 26.8 Å². The minimum Gasteiger partial charge on any atom is -0.370 e. The Hall–Kier alpha value is -0.700. The summed E-state index contributed by atoms with van der Waals surface area (Å²) in [6, 6.07) is 4.23. The summed E-state index contributed by atoms with van der Waals surface area (Å²) < 4.78 is 0. The van der Waals surface area contributed by atoms with Gasteiger partial charge in [0.25, 0.3) is 0 Å². The first-order chi connectivity index (χ1) is 7.54. The van der Waals surface area contributed by atoms with Crippen LogP contribution in [0.4, 0.5) is 5.82 Å². The van der Waals surface area contributed by atoms with Gasteiger partial charge in [-0.15, -0.1) is 0 Å². The lowest BCUT2D eigenvalue weighted by Crippen LogP contribution is -2.12. The Morgan fingerprint density at radius 2 is 2.06 bits per heavy atom. The second-order valence-corrected chi connectivity index (χ2v) is 5.94. The second kappa shape index (κ2) is 6.14. The molecule has 1 aromatic rings. The molecule has 2 nitrogen and oxygen atoms in total. The van der Waals surface area contributed by atoms with Gasteiger partial charge in [0.2, 0.25) is 0 Å². The monoisotopic (exact) mass is 238 g/mol. The molecule has 0 aliphatic carbocycles. The zero-order valence-corrected chi connectivity index (χ0v) is 11.5. The lowest BCUT2D eigenvalue weighted by molar-refractivity contribution is 0.587. The number of hydrogen-bond acceptors (Lipinski definition) is 3. The molecule has 0 aliphatic rings. The summed E-state index contributed by atoms with van der Waals surface area (Å²) in [5, 5.41) is 3.33. The summed E-state index contributed by atoms with van der Waals surface area (Å²) in [5.41, 5.74) is 1.46. The number of aromatic nitrogens is 1. The molecular weight excluding hydrogens is 216 g/mol. The smallest absolute Gasteiger partial charge is 0.125 e. The summed E-state index contributed by atoms with van der Waals surface area (Å²) in [5.74, 6) is 2.18. The number of hydrogen-bond donors (Lipinski definition) is 1. The number of nitrogens with one attached hydrogen (secondary N) is 1. The summed E-state index contributed by atoms with van der Waals surface area (Å²) in [4.78, 5) is 4.42. The van der Waals surface area contributed by atoms with Crippen molar-refractivity contribution in [2.24, 2.45) is 0 Å². The van der Waals surface area contributed by atoms with Crippen LogP contribution in [0, 0.1) is 0 Å². The molecule has 0 atom stereocenters. The van der Waals surface area contributed by atoms with E-state index in [9.17, 15) is 0 Å². The third-order valence-corrected chi connectivity index (χ3v) is 3.16. The van der Waals surface area contributed by atoms with E-state index >= 15 is 0 Å². The molecule has 1 N–H and O–H groups in total. The molecular formula is C13H22N2S. The first kappa shape index (κ1) is 13.4. The quantitative estimate of drug-likeness (QED) is 0.794. The lowest BCUT2D eigenvalue weighted by Gasteiger charge is -2.18. The maximum absolute atomic E-state index is 4.42. The summed E-state index contributed by atoms with van der Waals surface area (Å²) in [6.45, 7) is 7.61. The predicted molar refractivity (Wildman–Crippen MR) is 74.4 cm³/mol. The third-order valence-electron chi connectivity index (χ3n) is 2.46. The molecule has 0 aliphatic heterocycles. The average Bonchev–Trinajstić information content (AvgIpc) is 2.24. The Morgan fingerprint density at radius 1 is 1.31 bits per heavy atom. The average molecular weight is 238 g/mol. The molecule has 0 amide bonds. The molecule has 0 spiro atoms. The summed E-state index contributed by atoms with van der Waals surface area (Å²) in [7, 11) is 0. The highest BCUT2D eigenvalue weighted by molar-refractivity contribution is 7.98. The fourth-order valence-electron chi connectivity index (χ4n) is 1.38. The first-order valence-electron chi connectivity index (χ1n) is 5.73. The Morgan fingerprint density at radius 3 is 2.56 bits per heavy atom. The van der Waals surface area contributed by atoms with Gasteiger partial charge in [0.05, 0.1) is 0 Å². The standard InChI is InChI=1S/C13H22N2S/c1-13(2,3)11-6-7-12(15-10-11)14-8-5-9-16-4/h6-7,10H,5,8-9H2,1-4H3,(H,14,15). The summed E-state index contributed by atoms with van der Waals surface area (Å²) >= 11 is 1.88. The van der Waals surface area contributed by atoms with Crippen molar-refractivity contribution in [3.8, 4) is 0 Å². The van der Waals surface area contributed by atoms with Crippen molar-refractivity contribution in [3.05, 3.63) is 23.9 Å². The minimum absolute atomic E-state index is 0.185. The van der Waals surface area contributed by atoms with Crippen LogP contribution in [-0.2, 0) is 5.41 Å². The molecule has 0 radical (unpaired) electrons. The largest absolute Gasteiger partial charge is 0.370 e. The zero-order valence-electron chi connectivity index (χ0n) is 10.7. The van der Waals surface area contributed by atoms with E-state index in [0.29, 0.717) is 0 Å².